The zero-order valence-corrected chi connectivity index (χ0v) is 22.8. The second kappa shape index (κ2) is 11.9. The normalized spacial score (nSPS) is 16.8. The quantitative estimate of drug-likeness (QED) is 0.234. The van der Waals surface area contributed by atoms with E-state index in [1.807, 2.05) is 30.3 Å². The van der Waals surface area contributed by atoms with Crippen molar-refractivity contribution in [3.63, 3.8) is 0 Å². The molecule has 0 spiro atoms. The molecule has 10 heteroatoms. The molecule has 3 aromatic carbocycles. The second-order valence-corrected chi connectivity index (χ2v) is 10.1. The average molecular weight is 634 g/mol. The summed E-state index contributed by atoms with van der Waals surface area (Å²) >= 11 is 8.45. The predicted molar refractivity (Wildman–Crippen MR) is 149 cm³/mol. The molecule has 8 nitrogen and oxygen atoms in total. The Balaban J connectivity index is 1.64. The number of anilines is 1. The summed E-state index contributed by atoms with van der Waals surface area (Å²) in [6.45, 7) is 1.83. The molecular formula is C27H25ClIN3O5. The van der Waals surface area contributed by atoms with Crippen LogP contribution in [0, 0.1) is 3.57 Å². The smallest absolute Gasteiger partial charge is 0.325 e. The molecule has 0 bridgehead atoms. The molecule has 3 aromatic rings. The first kappa shape index (κ1) is 26.9. The van der Waals surface area contributed by atoms with Gasteiger partial charge in [-0.05, 0) is 64.0 Å². The van der Waals surface area contributed by atoms with Crippen molar-refractivity contribution in [3.05, 3.63) is 92.5 Å². The number of carbonyl (C=O) groups excluding carboxylic acids is 3. The molecule has 3 N–H and O–H groups in total. The van der Waals surface area contributed by atoms with Crippen molar-refractivity contribution in [2.45, 2.75) is 24.9 Å². The first-order valence-electron chi connectivity index (χ1n) is 11.6. The van der Waals surface area contributed by atoms with Gasteiger partial charge in [-0.15, -0.1) is 0 Å². The molecule has 0 aliphatic carbocycles. The molecule has 1 unspecified atom stereocenters. The highest BCUT2D eigenvalue weighted by Crippen LogP contribution is 2.32. The van der Waals surface area contributed by atoms with Gasteiger partial charge in [-0.3, -0.25) is 9.59 Å². The van der Waals surface area contributed by atoms with E-state index in [0.29, 0.717) is 22.0 Å². The van der Waals surface area contributed by atoms with Gasteiger partial charge < -0.3 is 20.5 Å². The summed E-state index contributed by atoms with van der Waals surface area (Å²) in [5.74, 6) is -1.05. The molecule has 37 heavy (non-hydrogen) atoms. The van der Waals surface area contributed by atoms with Crippen molar-refractivity contribution in [3.8, 4) is 5.75 Å². The number of urea groups is 1. The Morgan fingerprint density at radius 2 is 1.84 bits per heavy atom. The number of hydrogen-bond donors (Lipinski definition) is 3. The van der Waals surface area contributed by atoms with E-state index >= 15 is 0 Å². The van der Waals surface area contributed by atoms with E-state index in [2.05, 4.69) is 33.2 Å². The first-order valence-corrected chi connectivity index (χ1v) is 13.0. The highest BCUT2D eigenvalue weighted by molar-refractivity contribution is 14.1. The zero-order valence-electron chi connectivity index (χ0n) is 19.9. The van der Waals surface area contributed by atoms with Gasteiger partial charge in [0, 0.05) is 9.49 Å². The molecule has 1 aliphatic rings. The third-order valence-electron chi connectivity index (χ3n) is 6.08. The molecule has 4 rings (SSSR count). The van der Waals surface area contributed by atoms with Crippen LogP contribution in [0.3, 0.4) is 0 Å². The maximum Gasteiger partial charge on any atom is 0.325 e. The number of imide groups is 1. The highest BCUT2D eigenvalue weighted by Gasteiger charge is 2.47. The lowest BCUT2D eigenvalue weighted by atomic mass is 9.91. The Labute approximate surface area is 233 Å². The fourth-order valence-corrected chi connectivity index (χ4v) is 5.11. The minimum absolute atomic E-state index is 0.121. The van der Waals surface area contributed by atoms with Crippen LogP contribution in [0.25, 0.3) is 0 Å². The number of nitrogens with zero attached hydrogens (tertiary/aromatic N) is 1. The van der Waals surface area contributed by atoms with Gasteiger partial charge >= 0.3 is 6.03 Å². The molecule has 1 fully saturated rings. The van der Waals surface area contributed by atoms with E-state index in [9.17, 15) is 14.4 Å². The number of aliphatic hydroxyl groups is 1. The number of ether oxygens (including phenoxy) is 1. The van der Waals surface area contributed by atoms with Crippen molar-refractivity contribution < 1.29 is 24.2 Å². The van der Waals surface area contributed by atoms with Crippen LogP contribution in [0.15, 0.2) is 72.8 Å². The van der Waals surface area contributed by atoms with E-state index in [-0.39, 0.29) is 13.2 Å². The van der Waals surface area contributed by atoms with Crippen LogP contribution in [-0.4, -0.2) is 47.1 Å². The summed E-state index contributed by atoms with van der Waals surface area (Å²) in [4.78, 5) is 41.4. The lowest BCUT2D eigenvalue weighted by Gasteiger charge is -2.30. The Morgan fingerprint density at radius 3 is 2.49 bits per heavy atom. The first-order chi connectivity index (χ1) is 17.8. The lowest BCUT2D eigenvalue weighted by molar-refractivity contribution is -0.134. The van der Waals surface area contributed by atoms with Crippen LogP contribution >= 0.6 is 34.2 Å². The number of rotatable bonds is 9. The SMILES string of the molecule is C[C@@H](c1ccccc1)C(C(=O)Nc1ccc(I)cc1Cl)N1C(=O)N[C@@H](c2ccc(OCCO)cc2)C1=O. The topological polar surface area (TPSA) is 108 Å². The van der Waals surface area contributed by atoms with Crippen molar-refractivity contribution >= 4 is 57.7 Å². The fraction of sp³-hybridized carbons (Fsp3) is 0.222. The van der Waals surface area contributed by atoms with Gasteiger partial charge in [0.25, 0.3) is 5.91 Å². The summed E-state index contributed by atoms with van der Waals surface area (Å²) in [6.07, 6.45) is 0. The van der Waals surface area contributed by atoms with E-state index in [4.69, 9.17) is 21.4 Å². The fourth-order valence-electron chi connectivity index (χ4n) is 4.21. The number of halogens is 2. The Hall–Kier alpha value is -3.15. The van der Waals surface area contributed by atoms with Crippen LogP contribution in [0.4, 0.5) is 10.5 Å². The zero-order chi connectivity index (χ0) is 26.5. The van der Waals surface area contributed by atoms with Crippen LogP contribution in [0.2, 0.25) is 5.02 Å². The number of nitrogens with one attached hydrogen (secondary N) is 2. The molecular weight excluding hydrogens is 609 g/mol. The molecule has 3 atom stereocenters. The van der Waals surface area contributed by atoms with Gasteiger partial charge in [0.05, 0.1) is 17.3 Å². The average Bonchev–Trinajstić information content (AvgIpc) is 3.19. The van der Waals surface area contributed by atoms with Crippen molar-refractivity contribution in [2.24, 2.45) is 0 Å². The monoisotopic (exact) mass is 633 g/mol. The van der Waals surface area contributed by atoms with E-state index in [0.717, 1.165) is 14.0 Å². The molecule has 192 valence electrons. The van der Waals surface area contributed by atoms with Crippen LogP contribution < -0.4 is 15.4 Å². The molecule has 0 radical (unpaired) electrons. The largest absolute Gasteiger partial charge is 0.491 e. The highest BCUT2D eigenvalue weighted by atomic mass is 127. The van der Waals surface area contributed by atoms with Crippen LogP contribution in [0.1, 0.15) is 30.0 Å². The summed E-state index contributed by atoms with van der Waals surface area (Å²) in [6, 6.07) is 18.3. The Kier molecular flexibility index (Phi) is 8.67. The number of aliphatic hydroxyl groups excluding tert-OH is 1. The standard InChI is InChI=1S/C27H25ClIN3O5/c1-16(17-5-3-2-4-6-17)24(25(34)30-22-12-9-19(29)15-21(22)28)32-26(35)23(31-27(32)36)18-7-10-20(11-8-18)37-14-13-33/h2-12,15-16,23-24,33H,13-14H2,1H3,(H,30,34)(H,31,36)/t16-,23-,24?/m0/s1. The van der Waals surface area contributed by atoms with E-state index in [1.54, 1.807) is 49.4 Å². The van der Waals surface area contributed by atoms with Gasteiger partial charge in [0.2, 0.25) is 5.91 Å². The summed E-state index contributed by atoms with van der Waals surface area (Å²) in [7, 11) is 0. The van der Waals surface area contributed by atoms with Crippen molar-refractivity contribution in [1.82, 2.24) is 10.2 Å². The number of hydrogen-bond acceptors (Lipinski definition) is 5. The summed E-state index contributed by atoms with van der Waals surface area (Å²) < 4.78 is 6.27. The lowest BCUT2D eigenvalue weighted by Crippen LogP contribution is -2.50. The van der Waals surface area contributed by atoms with Gasteiger partial charge in [0.15, 0.2) is 0 Å². The summed E-state index contributed by atoms with van der Waals surface area (Å²) in [5, 5.41) is 14.8. The Bertz CT molecular complexity index is 1290. The minimum Gasteiger partial charge on any atom is -0.491 e. The number of carbonyl (C=O) groups is 3. The molecule has 0 aromatic heterocycles. The van der Waals surface area contributed by atoms with Crippen molar-refractivity contribution in [1.29, 1.82) is 0 Å². The number of benzene rings is 3. The second-order valence-electron chi connectivity index (χ2n) is 8.49. The van der Waals surface area contributed by atoms with Crippen LogP contribution in [0.5, 0.6) is 5.75 Å². The van der Waals surface area contributed by atoms with E-state index < -0.39 is 35.8 Å². The predicted octanol–water partition coefficient (Wildman–Crippen LogP) is 4.72. The Morgan fingerprint density at radius 1 is 1.14 bits per heavy atom. The molecule has 1 heterocycles. The molecule has 1 saturated heterocycles. The third kappa shape index (κ3) is 6.06. The van der Waals surface area contributed by atoms with Crippen LogP contribution in [-0.2, 0) is 9.59 Å². The van der Waals surface area contributed by atoms with Gasteiger partial charge in [-0.1, -0.05) is 61.0 Å². The molecule has 4 amide bonds. The third-order valence-corrected chi connectivity index (χ3v) is 7.06. The van der Waals surface area contributed by atoms with Gasteiger partial charge in [-0.2, -0.15) is 0 Å². The summed E-state index contributed by atoms with van der Waals surface area (Å²) in [5.41, 5.74) is 1.73. The maximum atomic E-state index is 13.6. The maximum absolute atomic E-state index is 13.6. The molecule has 1 aliphatic heterocycles. The van der Waals surface area contributed by atoms with E-state index in [1.165, 1.54) is 0 Å². The number of amides is 4. The molecule has 0 saturated carbocycles. The van der Waals surface area contributed by atoms with Gasteiger partial charge in [0.1, 0.15) is 24.4 Å². The minimum atomic E-state index is -1.14. The van der Waals surface area contributed by atoms with Gasteiger partial charge in [-0.25, -0.2) is 9.69 Å². The van der Waals surface area contributed by atoms with Crippen molar-refractivity contribution in [2.75, 3.05) is 18.5 Å².